The van der Waals surface area contributed by atoms with Crippen molar-refractivity contribution in [2.75, 3.05) is 0 Å². The van der Waals surface area contributed by atoms with Crippen LogP contribution in [0.25, 0.3) is 0 Å². The molecular formula is C7H11ClN2O. The summed E-state index contributed by atoms with van der Waals surface area (Å²) in [5, 5.41) is 3.80. The Morgan fingerprint density at radius 1 is 1.55 bits per heavy atom. The van der Waals surface area contributed by atoms with Crippen LogP contribution in [-0.2, 0) is 6.42 Å². The lowest BCUT2D eigenvalue weighted by Gasteiger charge is -1.98. The van der Waals surface area contributed by atoms with Gasteiger partial charge in [0.15, 0.2) is 5.82 Å². The van der Waals surface area contributed by atoms with Crippen LogP contribution in [0.4, 0.5) is 0 Å². The van der Waals surface area contributed by atoms with Gasteiger partial charge in [-0.15, -0.1) is 0 Å². The maximum atomic E-state index is 5.44. The lowest BCUT2D eigenvalue weighted by molar-refractivity contribution is 0.409. The molecule has 0 unspecified atom stereocenters. The summed E-state index contributed by atoms with van der Waals surface area (Å²) in [5.41, 5.74) is 0. The second kappa shape index (κ2) is 3.72. The van der Waals surface area contributed by atoms with Gasteiger partial charge in [0.25, 0.3) is 0 Å². The van der Waals surface area contributed by atoms with E-state index in [1.807, 2.05) is 0 Å². The molecule has 1 rings (SSSR count). The summed E-state index contributed by atoms with van der Waals surface area (Å²) in [5.74, 6) is 1.36. The molecule has 0 aliphatic heterocycles. The van der Waals surface area contributed by atoms with Crippen molar-refractivity contribution in [3.8, 4) is 0 Å². The van der Waals surface area contributed by atoms with Crippen molar-refractivity contribution in [1.82, 2.24) is 10.1 Å². The van der Waals surface area contributed by atoms with Crippen molar-refractivity contribution in [3.05, 3.63) is 11.2 Å². The summed E-state index contributed by atoms with van der Waals surface area (Å²) >= 11 is 5.44. The molecule has 0 radical (unpaired) electrons. The molecule has 0 spiro atoms. The maximum absolute atomic E-state index is 5.44. The number of hydrogen-bond donors (Lipinski definition) is 0. The van der Waals surface area contributed by atoms with Crippen molar-refractivity contribution >= 4 is 11.6 Å². The summed E-state index contributed by atoms with van der Waals surface area (Å²) in [4.78, 5) is 3.87. The molecule has 0 saturated heterocycles. The first kappa shape index (κ1) is 8.53. The zero-order chi connectivity index (χ0) is 8.27. The first-order valence-corrected chi connectivity index (χ1v) is 4.04. The van der Waals surface area contributed by atoms with E-state index in [4.69, 9.17) is 11.6 Å². The van der Waals surface area contributed by atoms with Crippen LogP contribution in [0.5, 0.6) is 0 Å². The second-order valence-electron chi connectivity index (χ2n) is 2.90. The lowest BCUT2D eigenvalue weighted by atomic mass is 10.1. The van der Waals surface area contributed by atoms with Crippen molar-refractivity contribution in [3.63, 3.8) is 0 Å². The van der Waals surface area contributed by atoms with Crippen molar-refractivity contribution in [2.24, 2.45) is 5.92 Å². The predicted molar refractivity (Wildman–Crippen MR) is 42.5 cm³/mol. The number of hydrogen-bond acceptors (Lipinski definition) is 3. The SMILES string of the molecule is CC(C)CCc1noc(Cl)n1. The molecule has 0 fully saturated rings. The van der Waals surface area contributed by atoms with Gasteiger partial charge < -0.3 is 4.52 Å². The largest absolute Gasteiger partial charge is 0.321 e. The fourth-order valence-corrected chi connectivity index (χ4v) is 0.884. The fraction of sp³-hybridized carbons (Fsp3) is 0.714. The maximum Gasteiger partial charge on any atom is 0.320 e. The quantitative estimate of drug-likeness (QED) is 0.706. The summed E-state index contributed by atoms with van der Waals surface area (Å²) < 4.78 is 4.60. The molecule has 62 valence electrons. The minimum Gasteiger partial charge on any atom is -0.321 e. The molecule has 0 amide bonds. The Kier molecular flexibility index (Phi) is 2.88. The van der Waals surface area contributed by atoms with Crippen molar-refractivity contribution in [1.29, 1.82) is 0 Å². The van der Waals surface area contributed by atoms with E-state index in [0.717, 1.165) is 12.8 Å². The van der Waals surface area contributed by atoms with Crippen LogP contribution in [0, 0.1) is 5.92 Å². The first-order valence-electron chi connectivity index (χ1n) is 3.66. The van der Waals surface area contributed by atoms with Gasteiger partial charge in [0.1, 0.15) is 0 Å². The van der Waals surface area contributed by atoms with E-state index < -0.39 is 0 Å². The van der Waals surface area contributed by atoms with Crippen LogP contribution in [0.3, 0.4) is 0 Å². The summed E-state index contributed by atoms with van der Waals surface area (Å²) in [6.07, 6.45) is 1.91. The Bertz CT molecular complexity index is 222. The van der Waals surface area contributed by atoms with Gasteiger partial charge in [0.05, 0.1) is 0 Å². The monoisotopic (exact) mass is 174 g/mol. The molecule has 1 aromatic rings. The van der Waals surface area contributed by atoms with E-state index in [9.17, 15) is 0 Å². The van der Waals surface area contributed by atoms with E-state index in [2.05, 4.69) is 28.5 Å². The lowest BCUT2D eigenvalue weighted by Crippen LogP contribution is -1.93. The molecule has 0 aromatic carbocycles. The minimum atomic E-state index is 0.128. The molecule has 0 aliphatic rings. The summed E-state index contributed by atoms with van der Waals surface area (Å²) in [7, 11) is 0. The normalized spacial score (nSPS) is 10.9. The van der Waals surface area contributed by atoms with Crippen LogP contribution in [0.2, 0.25) is 5.35 Å². The number of rotatable bonds is 3. The number of halogens is 1. The summed E-state index contributed by atoms with van der Waals surface area (Å²) in [6.45, 7) is 4.31. The average Bonchev–Trinajstić information content (AvgIpc) is 2.31. The molecule has 1 aromatic heterocycles. The van der Waals surface area contributed by atoms with Crippen LogP contribution >= 0.6 is 11.6 Å². The topological polar surface area (TPSA) is 38.9 Å². The number of aromatic nitrogens is 2. The molecule has 3 nitrogen and oxygen atoms in total. The van der Waals surface area contributed by atoms with Crippen molar-refractivity contribution in [2.45, 2.75) is 26.7 Å². The zero-order valence-corrected chi connectivity index (χ0v) is 7.43. The van der Waals surface area contributed by atoms with Gasteiger partial charge in [-0.1, -0.05) is 19.0 Å². The van der Waals surface area contributed by atoms with Gasteiger partial charge in [-0.05, 0) is 23.9 Å². The second-order valence-corrected chi connectivity index (χ2v) is 3.22. The third-order valence-electron chi connectivity index (χ3n) is 1.39. The van der Waals surface area contributed by atoms with Gasteiger partial charge >= 0.3 is 5.35 Å². The Morgan fingerprint density at radius 3 is 2.73 bits per heavy atom. The van der Waals surface area contributed by atoms with E-state index >= 15 is 0 Å². The highest BCUT2D eigenvalue weighted by Gasteiger charge is 2.03. The van der Waals surface area contributed by atoms with Gasteiger partial charge in [0.2, 0.25) is 0 Å². The molecule has 1 heterocycles. The number of nitrogens with zero attached hydrogens (tertiary/aromatic N) is 2. The third-order valence-corrected chi connectivity index (χ3v) is 1.54. The fourth-order valence-electron chi connectivity index (χ4n) is 0.752. The highest BCUT2D eigenvalue weighted by molar-refractivity contribution is 6.27. The van der Waals surface area contributed by atoms with Gasteiger partial charge in [-0.2, -0.15) is 4.98 Å². The smallest absolute Gasteiger partial charge is 0.320 e. The van der Waals surface area contributed by atoms with E-state index in [1.165, 1.54) is 0 Å². The highest BCUT2D eigenvalue weighted by Crippen LogP contribution is 2.08. The Balaban J connectivity index is 2.39. The standard InChI is InChI=1S/C7H11ClN2O/c1-5(2)3-4-6-9-7(8)11-10-6/h5H,3-4H2,1-2H3. The summed E-state index contributed by atoms with van der Waals surface area (Å²) in [6, 6.07) is 0. The van der Waals surface area contributed by atoms with E-state index in [1.54, 1.807) is 0 Å². The van der Waals surface area contributed by atoms with Gasteiger partial charge in [0, 0.05) is 6.42 Å². The van der Waals surface area contributed by atoms with Crippen LogP contribution in [0.1, 0.15) is 26.1 Å². The third kappa shape index (κ3) is 2.89. The van der Waals surface area contributed by atoms with Gasteiger partial charge in [-0.3, -0.25) is 0 Å². The van der Waals surface area contributed by atoms with Crippen LogP contribution in [0.15, 0.2) is 4.52 Å². The number of aryl methyl sites for hydroxylation is 1. The molecule has 0 aliphatic carbocycles. The van der Waals surface area contributed by atoms with Crippen LogP contribution in [-0.4, -0.2) is 10.1 Å². The van der Waals surface area contributed by atoms with E-state index in [-0.39, 0.29) is 5.35 Å². The predicted octanol–water partition coefficient (Wildman–Crippen LogP) is 2.31. The van der Waals surface area contributed by atoms with Crippen molar-refractivity contribution < 1.29 is 4.52 Å². The molecular weight excluding hydrogens is 164 g/mol. The molecule has 0 saturated carbocycles. The van der Waals surface area contributed by atoms with Crippen LogP contribution < -0.4 is 0 Å². The minimum absolute atomic E-state index is 0.128. The Morgan fingerprint density at radius 2 is 2.27 bits per heavy atom. The average molecular weight is 175 g/mol. The first-order chi connectivity index (χ1) is 5.18. The molecule has 0 atom stereocenters. The Hall–Kier alpha value is -0.570. The highest BCUT2D eigenvalue weighted by atomic mass is 35.5. The molecule has 0 N–H and O–H groups in total. The zero-order valence-electron chi connectivity index (χ0n) is 6.67. The van der Waals surface area contributed by atoms with E-state index in [0.29, 0.717) is 11.7 Å². The molecule has 11 heavy (non-hydrogen) atoms. The molecule has 4 heteroatoms. The molecule has 0 bridgehead atoms. The van der Waals surface area contributed by atoms with Gasteiger partial charge in [-0.25, -0.2) is 0 Å². The Labute approximate surface area is 70.7 Å².